The molecule has 1 aromatic rings. The lowest BCUT2D eigenvalue weighted by molar-refractivity contribution is -0.140. The molecule has 0 radical (unpaired) electrons. The van der Waals surface area contributed by atoms with Crippen molar-refractivity contribution in [3.8, 4) is 0 Å². The molecule has 0 spiro atoms. The molecule has 0 unspecified atom stereocenters. The Hall–Kier alpha value is -2.14. The summed E-state index contributed by atoms with van der Waals surface area (Å²) >= 11 is 5.94. The number of benzene rings is 1. The van der Waals surface area contributed by atoms with E-state index in [9.17, 15) is 14.4 Å². The van der Waals surface area contributed by atoms with Gasteiger partial charge in [0.1, 0.15) is 10.7 Å². The maximum absolute atomic E-state index is 12.2. The third-order valence-corrected chi connectivity index (χ3v) is 3.28. The molecule has 0 heterocycles. The molecule has 20 heavy (non-hydrogen) atoms. The van der Waals surface area contributed by atoms with Crippen molar-refractivity contribution in [2.45, 2.75) is 6.42 Å². The highest BCUT2D eigenvalue weighted by Gasteiger charge is 2.30. The number of hydrogen-bond acceptors (Lipinski definition) is 5. The molecule has 0 aliphatic heterocycles. The fourth-order valence-electron chi connectivity index (χ4n) is 1.89. The Morgan fingerprint density at radius 2 is 1.80 bits per heavy atom. The van der Waals surface area contributed by atoms with Crippen LogP contribution in [0.1, 0.15) is 27.1 Å². The molecule has 0 amide bonds. The van der Waals surface area contributed by atoms with E-state index in [2.05, 4.69) is 10.1 Å². The molecule has 0 saturated carbocycles. The van der Waals surface area contributed by atoms with Gasteiger partial charge in [-0.3, -0.25) is 14.4 Å². The van der Waals surface area contributed by atoms with E-state index in [1.54, 1.807) is 24.3 Å². The van der Waals surface area contributed by atoms with Gasteiger partial charge < -0.3 is 10.1 Å². The van der Waals surface area contributed by atoms with E-state index in [4.69, 9.17) is 11.6 Å². The minimum atomic E-state index is -0.413. The number of Topliss-reactive ketones (excluding diaryl/α,β-unsaturated/α-hetero) is 2. The highest BCUT2D eigenvalue weighted by Crippen LogP contribution is 2.26. The number of allylic oxidation sites excluding steroid dienone is 2. The maximum Gasteiger partial charge on any atom is 0.307 e. The van der Waals surface area contributed by atoms with Crippen LogP contribution in [0.4, 0.5) is 0 Å². The van der Waals surface area contributed by atoms with Crippen LogP contribution < -0.4 is 5.32 Å². The van der Waals surface area contributed by atoms with Gasteiger partial charge in [0.15, 0.2) is 0 Å². The van der Waals surface area contributed by atoms with Gasteiger partial charge in [-0.25, -0.2) is 0 Å². The third kappa shape index (κ3) is 2.58. The van der Waals surface area contributed by atoms with Crippen LogP contribution in [0.25, 0.3) is 0 Å². The molecule has 2 rings (SSSR count). The fraction of sp³-hybridized carbons (Fsp3) is 0.214. The topological polar surface area (TPSA) is 72.5 Å². The Bertz CT molecular complexity index is 621. The Labute approximate surface area is 120 Å². The molecule has 0 fully saturated rings. The number of carbonyl (C=O) groups excluding carboxylic acids is 3. The summed E-state index contributed by atoms with van der Waals surface area (Å²) in [7, 11) is 1.28. The van der Waals surface area contributed by atoms with E-state index in [-0.39, 0.29) is 29.5 Å². The largest absolute Gasteiger partial charge is 0.469 e. The molecule has 1 aromatic carbocycles. The summed E-state index contributed by atoms with van der Waals surface area (Å²) in [6, 6.07) is 6.48. The lowest BCUT2D eigenvalue weighted by Gasteiger charge is -2.18. The molecule has 0 saturated heterocycles. The van der Waals surface area contributed by atoms with Crippen LogP contribution in [0, 0.1) is 0 Å². The first-order valence-corrected chi connectivity index (χ1v) is 6.33. The standard InChI is InChI=1S/C14H12ClNO4/c1-20-10(17)6-7-16-12-11(15)13(18)8-4-2-3-5-9(8)14(12)19/h2-5,16H,6-7H2,1H3. The van der Waals surface area contributed by atoms with Crippen molar-refractivity contribution in [1.29, 1.82) is 0 Å². The van der Waals surface area contributed by atoms with Crippen molar-refractivity contribution in [3.63, 3.8) is 0 Å². The van der Waals surface area contributed by atoms with Crippen LogP contribution in [-0.2, 0) is 9.53 Å². The summed E-state index contributed by atoms with van der Waals surface area (Å²) in [6.45, 7) is 0.166. The number of carbonyl (C=O) groups is 3. The van der Waals surface area contributed by atoms with Crippen molar-refractivity contribution in [2.75, 3.05) is 13.7 Å². The van der Waals surface area contributed by atoms with Gasteiger partial charge in [-0.2, -0.15) is 0 Å². The Kier molecular flexibility index (Phi) is 4.20. The lowest BCUT2D eigenvalue weighted by atomic mass is 9.92. The van der Waals surface area contributed by atoms with E-state index in [0.29, 0.717) is 11.1 Å². The molecule has 1 aliphatic carbocycles. The van der Waals surface area contributed by atoms with Gasteiger partial charge in [0.2, 0.25) is 11.6 Å². The van der Waals surface area contributed by atoms with E-state index >= 15 is 0 Å². The number of ketones is 2. The zero-order valence-corrected chi connectivity index (χ0v) is 11.5. The van der Waals surface area contributed by atoms with Gasteiger partial charge in [0, 0.05) is 17.7 Å². The first kappa shape index (κ1) is 14.3. The molecule has 0 aromatic heterocycles. The summed E-state index contributed by atoms with van der Waals surface area (Å²) in [4.78, 5) is 35.3. The summed E-state index contributed by atoms with van der Waals surface area (Å²) in [6.07, 6.45) is 0.0767. The Morgan fingerprint density at radius 1 is 1.20 bits per heavy atom. The molecule has 1 N–H and O–H groups in total. The van der Waals surface area contributed by atoms with Crippen LogP contribution in [0.5, 0.6) is 0 Å². The van der Waals surface area contributed by atoms with Gasteiger partial charge in [-0.15, -0.1) is 0 Å². The predicted molar refractivity (Wildman–Crippen MR) is 72.6 cm³/mol. The first-order valence-electron chi connectivity index (χ1n) is 5.95. The van der Waals surface area contributed by atoms with E-state index in [0.717, 1.165) is 0 Å². The summed E-state index contributed by atoms with van der Waals surface area (Å²) in [5.74, 6) is -1.17. The van der Waals surface area contributed by atoms with Crippen molar-refractivity contribution >= 4 is 29.1 Å². The van der Waals surface area contributed by atoms with Gasteiger partial charge in [-0.1, -0.05) is 35.9 Å². The second kappa shape index (κ2) is 5.88. The summed E-state index contributed by atoms with van der Waals surface area (Å²) in [5, 5.41) is 2.58. The van der Waals surface area contributed by atoms with Crippen LogP contribution in [0.2, 0.25) is 0 Å². The molecule has 1 aliphatic rings. The van der Waals surface area contributed by atoms with Gasteiger partial charge in [0.05, 0.1) is 13.5 Å². The molecule has 104 valence electrons. The number of fused-ring (bicyclic) bond motifs is 1. The number of methoxy groups -OCH3 is 1. The highest BCUT2D eigenvalue weighted by molar-refractivity contribution is 6.49. The van der Waals surface area contributed by atoms with E-state index < -0.39 is 11.8 Å². The maximum atomic E-state index is 12.2. The second-order valence-corrected chi connectivity index (χ2v) is 4.52. The average Bonchev–Trinajstić information content (AvgIpc) is 2.48. The number of hydrogen-bond donors (Lipinski definition) is 1. The zero-order valence-electron chi connectivity index (χ0n) is 10.7. The fourth-order valence-corrected chi connectivity index (χ4v) is 2.15. The smallest absolute Gasteiger partial charge is 0.307 e. The molecule has 0 bridgehead atoms. The van der Waals surface area contributed by atoms with Crippen molar-refractivity contribution in [3.05, 3.63) is 46.1 Å². The third-order valence-electron chi connectivity index (χ3n) is 2.92. The molecule has 6 heteroatoms. The summed E-state index contributed by atoms with van der Waals surface area (Å²) in [5.41, 5.74) is 0.628. The predicted octanol–water partition coefficient (Wildman–Crippen LogP) is 1.67. The Morgan fingerprint density at radius 3 is 2.40 bits per heavy atom. The molecular weight excluding hydrogens is 282 g/mol. The summed E-state index contributed by atoms with van der Waals surface area (Å²) < 4.78 is 4.49. The van der Waals surface area contributed by atoms with E-state index in [1.807, 2.05) is 0 Å². The highest BCUT2D eigenvalue weighted by atomic mass is 35.5. The second-order valence-electron chi connectivity index (χ2n) is 4.15. The lowest BCUT2D eigenvalue weighted by Crippen LogP contribution is -2.30. The van der Waals surface area contributed by atoms with Crippen LogP contribution >= 0.6 is 11.6 Å². The number of esters is 1. The molecular formula is C14H12ClNO4. The number of nitrogens with one attached hydrogen (secondary N) is 1. The SMILES string of the molecule is COC(=O)CCNC1=C(Cl)C(=O)c2ccccc2C1=O. The average molecular weight is 294 g/mol. The minimum Gasteiger partial charge on any atom is -0.469 e. The van der Waals surface area contributed by atoms with Crippen LogP contribution in [0.3, 0.4) is 0 Å². The monoisotopic (exact) mass is 293 g/mol. The first-order chi connectivity index (χ1) is 9.56. The zero-order chi connectivity index (χ0) is 14.7. The van der Waals surface area contributed by atoms with Crippen LogP contribution in [-0.4, -0.2) is 31.2 Å². The number of halogens is 1. The van der Waals surface area contributed by atoms with Gasteiger partial charge >= 0.3 is 5.97 Å². The molecule has 5 nitrogen and oxygen atoms in total. The Balaban J connectivity index is 2.21. The van der Waals surface area contributed by atoms with E-state index in [1.165, 1.54) is 7.11 Å². The number of ether oxygens (including phenoxy) is 1. The van der Waals surface area contributed by atoms with Crippen molar-refractivity contribution in [2.24, 2.45) is 0 Å². The quantitative estimate of drug-likeness (QED) is 0.855. The molecule has 0 atom stereocenters. The van der Waals surface area contributed by atoms with Crippen molar-refractivity contribution in [1.82, 2.24) is 5.32 Å². The van der Waals surface area contributed by atoms with Crippen molar-refractivity contribution < 1.29 is 19.1 Å². The van der Waals surface area contributed by atoms with Crippen LogP contribution in [0.15, 0.2) is 35.0 Å². The van der Waals surface area contributed by atoms with Gasteiger partial charge in [-0.05, 0) is 0 Å². The normalized spacial score (nSPS) is 14.1. The minimum absolute atomic E-state index is 0.0271. The number of rotatable bonds is 4. The van der Waals surface area contributed by atoms with Gasteiger partial charge in [0.25, 0.3) is 0 Å².